The number of pyridine rings is 1. The first-order chi connectivity index (χ1) is 9.47. The molecule has 1 fully saturated rings. The summed E-state index contributed by atoms with van der Waals surface area (Å²) in [4.78, 5) is 4.54. The van der Waals surface area contributed by atoms with Gasteiger partial charge in [0.25, 0.3) is 0 Å². The second kappa shape index (κ2) is 4.51. The van der Waals surface area contributed by atoms with E-state index < -0.39 is 15.6 Å². The summed E-state index contributed by atoms with van der Waals surface area (Å²) in [6, 6.07) is 6.95. The third-order valence-electron chi connectivity index (χ3n) is 3.82. The highest BCUT2D eigenvalue weighted by Gasteiger charge is 2.45. The maximum atomic E-state index is 12.6. The minimum Gasteiger partial charge on any atom is -0.329 e. The number of aromatic nitrogens is 1. The van der Waals surface area contributed by atoms with Crippen molar-refractivity contribution in [3.05, 3.63) is 36.0 Å². The summed E-state index contributed by atoms with van der Waals surface area (Å²) in [7, 11) is -3.58. The molecule has 0 amide bonds. The highest BCUT2D eigenvalue weighted by Crippen LogP contribution is 2.36. The van der Waals surface area contributed by atoms with Crippen LogP contribution in [0.1, 0.15) is 18.4 Å². The van der Waals surface area contributed by atoms with Gasteiger partial charge in [0.15, 0.2) is 0 Å². The van der Waals surface area contributed by atoms with Gasteiger partial charge >= 0.3 is 0 Å². The topological polar surface area (TPSA) is 85.1 Å². The molecular formula is C14H17N3O2S. The Labute approximate surface area is 118 Å². The second-order valence-corrected chi connectivity index (χ2v) is 7.02. The molecule has 106 valence electrons. The van der Waals surface area contributed by atoms with Gasteiger partial charge in [-0.15, -0.1) is 0 Å². The molecule has 1 heterocycles. The van der Waals surface area contributed by atoms with Crippen LogP contribution in [0.25, 0.3) is 10.9 Å². The van der Waals surface area contributed by atoms with Crippen LogP contribution < -0.4 is 10.5 Å². The third-order valence-corrected chi connectivity index (χ3v) is 5.45. The lowest BCUT2D eigenvalue weighted by atomic mass is 10.1. The Bertz CT molecular complexity index is 767. The van der Waals surface area contributed by atoms with Crippen molar-refractivity contribution in [1.82, 2.24) is 9.71 Å². The average molecular weight is 291 g/mol. The zero-order valence-electron chi connectivity index (χ0n) is 11.3. The Balaban J connectivity index is 2.12. The highest BCUT2D eigenvalue weighted by molar-refractivity contribution is 7.89. The zero-order chi connectivity index (χ0) is 14.4. The fourth-order valence-corrected chi connectivity index (χ4v) is 4.03. The lowest BCUT2D eigenvalue weighted by Gasteiger charge is -2.16. The van der Waals surface area contributed by atoms with Gasteiger partial charge in [0.2, 0.25) is 10.0 Å². The molecule has 0 saturated heterocycles. The molecule has 1 aromatic carbocycles. The lowest BCUT2D eigenvalue weighted by Crippen LogP contribution is -2.42. The van der Waals surface area contributed by atoms with Crippen molar-refractivity contribution in [2.75, 3.05) is 6.54 Å². The molecule has 1 aliphatic carbocycles. The Morgan fingerprint density at radius 3 is 2.75 bits per heavy atom. The summed E-state index contributed by atoms with van der Waals surface area (Å²) in [6.07, 6.45) is 3.26. The van der Waals surface area contributed by atoms with Crippen LogP contribution in [0.2, 0.25) is 0 Å². The lowest BCUT2D eigenvalue weighted by molar-refractivity contribution is 0.545. The van der Waals surface area contributed by atoms with Gasteiger partial charge in [0.1, 0.15) is 0 Å². The molecule has 0 unspecified atom stereocenters. The molecule has 3 N–H and O–H groups in total. The molecule has 2 aromatic rings. The van der Waals surface area contributed by atoms with Gasteiger partial charge in [-0.3, -0.25) is 4.98 Å². The molecule has 0 atom stereocenters. The number of nitrogens with two attached hydrogens (primary N) is 1. The van der Waals surface area contributed by atoms with Crippen LogP contribution in [0.5, 0.6) is 0 Å². The molecule has 0 aliphatic heterocycles. The average Bonchev–Trinajstić information content (AvgIpc) is 3.19. The maximum absolute atomic E-state index is 12.6. The van der Waals surface area contributed by atoms with E-state index in [2.05, 4.69) is 9.71 Å². The van der Waals surface area contributed by atoms with Crippen LogP contribution >= 0.6 is 0 Å². The van der Waals surface area contributed by atoms with Crippen LogP contribution in [-0.4, -0.2) is 25.5 Å². The minimum absolute atomic E-state index is 0.269. The smallest absolute Gasteiger partial charge is 0.241 e. The van der Waals surface area contributed by atoms with E-state index in [1.807, 2.05) is 6.92 Å². The van der Waals surface area contributed by atoms with Gasteiger partial charge in [0.05, 0.1) is 10.4 Å². The number of hydrogen-bond acceptors (Lipinski definition) is 4. The number of nitrogens with one attached hydrogen (secondary N) is 1. The van der Waals surface area contributed by atoms with Crippen molar-refractivity contribution in [1.29, 1.82) is 0 Å². The van der Waals surface area contributed by atoms with Crippen molar-refractivity contribution in [2.45, 2.75) is 30.2 Å². The predicted octanol–water partition coefficient (Wildman–Crippen LogP) is 1.31. The first-order valence-corrected chi connectivity index (χ1v) is 8.04. The fraction of sp³-hybridized carbons (Fsp3) is 0.357. The number of hydrogen-bond donors (Lipinski definition) is 2. The molecule has 0 bridgehead atoms. The third kappa shape index (κ3) is 2.19. The van der Waals surface area contributed by atoms with Crippen LogP contribution in [0.3, 0.4) is 0 Å². The van der Waals surface area contributed by atoms with E-state index in [0.29, 0.717) is 17.4 Å². The monoisotopic (exact) mass is 291 g/mol. The van der Waals surface area contributed by atoms with Crippen LogP contribution in [0.15, 0.2) is 35.4 Å². The van der Waals surface area contributed by atoms with Crippen LogP contribution in [-0.2, 0) is 10.0 Å². The van der Waals surface area contributed by atoms with E-state index >= 15 is 0 Å². The molecule has 6 heteroatoms. The predicted molar refractivity (Wildman–Crippen MR) is 77.8 cm³/mol. The summed E-state index contributed by atoms with van der Waals surface area (Å²) in [6.45, 7) is 2.25. The summed E-state index contributed by atoms with van der Waals surface area (Å²) in [5, 5.41) is 0.646. The number of aryl methyl sites for hydroxylation is 1. The van der Waals surface area contributed by atoms with Crippen LogP contribution in [0.4, 0.5) is 0 Å². The SMILES string of the molecule is Cc1ccc(S(=O)(=O)NC2(CN)CC2)c2cccnc12. The largest absolute Gasteiger partial charge is 0.329 e. The van der Waals surface area contributed by atoms with Crippen molar-refractivity contribution >= 4 is 20.9 Å². The Morgan fingerprint density at radius 1 is 1.35 bits per heavy atom. The van der Waals surface area contributed by atoms with Crippen molar-refractivity contribution < 1.29 is 8.42 Å². The zero-order valence-corrected chi connectivity index (χ0v) is 12.1. The van der Waals surface area contributed by atoms with E-state index in [1.54, 1.807) is 30.5 Å². The van der Waals surface area contributed by atoms with Gasteiger partial charge in [0, 0.05) is 23.7 Å². The Morgan fingerprint density at radius 2 is 2.10 bits per heavy atom. The first kappa shape index (κ1) is 13.5. The molecule has 0 spiro atoms. The molecule has 0 radical (unpaired) electrons. The Kier molecular flexibility index (Phi) is 3.04. The van der Waals surface area contributed by atoms with E-state index in [-0.39, 0.29) is 4.90 Å². The second-order valence-electron chi connectivity index (χ2n) is 5.37. The first-order valence-electron chi connectivity index (χ1n) is 6.56. The molecule has 1 aromatic heterocycles. The molecule has 20 heavy (non-hydrogen) atoms. The maximum Gasteiger partial charge on any atom is 0.241 e. The summed E-state index contributed by atoms with van der Waals surface area (Å²) in [5.74, 6) is 0. The molecule has 1 aliphatic rings. The standard InChI is InChI=1S/C14H17N3O2S/c1-10-4-5-12(11-3-2-8-16-13(10)11)20(18,19)17-14(9-15)6-7-14/h2-5,8,17H,6-7,9,15H2,1H3. The number of sulfonamides is 1. The summed E-state index contributed by atoms with van der Waals surface area (Å²) >= 11 is 0. The number of benzene rings is 1. The van der Waals surface area contributed by atoms with Crippen molar-refractivity contribution in [3.8, 4) is 0 Å². The normalized spacial score (nSPS) is 17.3. The van der Waals surface area contributed by atoms with Gasteiger partial charge in [-0.05, 0) is 43.5 Å². The van der Waals surface area contributed by atoms with Gasteiger partial charge in [-0.1, -0.05) is 6.07 Å². The van der Waals surface area contributed by atoms with Gasteiger partial charge in [-0.25, -0.2) is 13.1 Å². The van der Waals surface area contributed by atoms with Gasteiger partial charge in [-0.2, -0.15) is 0 Å². The van der Waals surface area contributed by atoms with Crippen LogP contribution in [0, 0.1) is 6.92 Å². The fourth-order valence-electron chi connectivity index (χ4n) is 2.36. The molecule has 1 saturated carbocycles. The summed E-state index contributed by atoms with van der Waals surface area (Å²) < 4.78 is 27.9. The van der Waals surface area contributed by atoms with E-state index in [9.17, 15) is 8.42 Å². The van der Waals surface area contributed by atoms with E-state index in [0.717, 1.165) is 18.4 Å². The van der Waals surface area contributed by atoms with Gasteiger partial charge < -0.3 is 5.73 Å². The molecule has 5 nitrogen and oxygen atoms in total. The number of rotatable bonds is 4. The quantitative estimate of drug-likeness (QED) is 0.889. The highest BCUT2D eigenvalue weighted by atomic mass is 32.2. The molecular weight excluding hydrogens is 274 g/mol. The molecule has 3 rings (SSSR count). The van der Waals surface area contributed by atoms with Crippen molar-refractivity contribution in [2.24, 2.45) is 5.73 Å². The van der Waals surface area contributed by atoms with Crippen molar-refractivity contribution in [3.63, 3.8) is 0 Å². The van der Waals surface area contributed by atoms with E-state index in [4.69, 9.17) is 5.73 Å². The number of nitrogens with zero attached hydrogens (tertiary/aromatic N) is 1. The Hall–Kier alpha value is -1.50. The van der Waals surface area contributed by atoms with E-state index in [1.165, 1.54) is 0 Å². The number of fused-ring (bicyclic) bond motifs is 1. The summed E-state index contributed by atoms with van der Waals surface area (Å²) in [5.41, 5.74) is 6.88. The minimum atomic E-state index is -3.58.